The fourth-order valence-corrected chi connectivity index (χ4v) is 4.13. The summed E-state index contributed by atoms with van der Waals surface area (Å²) in [6.07, 6.45) is 0.930. The Morgan fingerprint density at radius 3 is 2.24 bits per heavy atom. The molecule has 0 saturated carbocycles. The minimum Gasteiger partial charge on any atom is -0.366 e. The molecule has 3 rings (SSSR count). The number of piperazine rings is 1. The first-order valence-electron chi connectivity index (χ1n) is 9.23. The van der Waals surface area contributed by atoms with Crippen LogP contribution in [0.25, 0.3) is 0 Å². The molecule has 1 fully saturated rings. The number of halogens is 2. The quantitative estimate of drug-likeness (QED) is 0.774. The highest BCUT2D eigenvalue weighted by molar-refractivity contribution is 7.88. The second-order valence-corrected chi connectivity index (χ2v) is 8.80. The smallest absolute Gasteiger partial charge is 0.224 e. The highest BCUT2D eigenvalue weighted by Gasteiger charge is 2.26. The molecule has 1 saturated heterocycles. The van der Waals surface area contributed by atoms with Gasteiger partial charge in [-0.15, -0.1) is 0 Å². The van der Waals surface area contributed by atoms with Crippen LogP contribution in [0.4, 0.5) is 14.5 Å². The Bertz CT molecular complexity index is 959. The first kappa shape index (κ1) is 21.2. The molecule has 2 aromatic carbocycles. The lowest BCUT2D eigenvalue weighted by Crippen LogP contribution is -2.49. The number of hydrogen-bond acceptors (Lipinski definition) is 4. The second-order valence-electron chi connectivity index (χ2n) is 7.02. The van der Waals surface area contributed by atoms with Crippen LogP contribution in [0.2, 0.25) is 0 Å². The van der Waals surface area contributed by atoms with Gasteiger partial charge in [-0.1, -0.05) is 24.3 Å². The van der Waals surface area contributed by atoms with Crippen LogP contribution >= 0.6 is 0 Å². The molecule has 2 aromatic rings. The maximum Gasteiger partial charge on any atom is 0.224 e. The summed E-state index contributed by atoms with van der Waals surface area (Å²) in [6.45, 7) is 1.77. The number of carbonyl (C=O) groups excluding carboxylic acids is 1. The molecular formula is C20H23F2N3O3S. The molecule has 1 amide bonds. The Labute approximate surface area is 169 Å². The van der Waals surface area contributed by atoms with Crippen molar-refractivity contribution < 1.29 is 22.0 Å². The van der Waals surface area contributed by atoms with Crippen LogP contribution in [-0.2, 0) is 14.8 Å². The number of nitrogens with one attached hydrogen (secondary N) is 1. The van der Waals surface area contributed by atoms with Crippen molar-refractivity contribution >= 4 is 21.6 Å². The summed E-state index contributed by atoms with van der Waals surface area (Å²) in [6, 6.07) is 11.1. The molecule has 0 spiro atoms. The number of para-hydroxylation sites is 1. The van der Waals surface area contributed by atoms with E-state index in [4.69, 9.17) is 0 Å². The summed E-state index contributed by atoms with van der Waals surface area (Å²) >= 11 is 0. The van der Waals surface area contributed by atoms with Crippen LogP contribution in [0.3, 0.4) is 0 Å². The van der Waals surface area contributed by atoms with E-state index in [1.54, 1.807) is 23.1 Å². The van der Waals surface area contributed by atoms with Crippen LogP contribution in [0.15, 0.2) is 48.5 Å². The van der Waals surface area contributed by atoms with Crippen molar-refractivity contribution in [3.63, 3.8) is 0 Å². The number of nitrogens with zero attached hydrogens (tertiary/aromatic N) is 2. The van der Waals surface area contributed by atoms with Gasteiger partial charge in [0.05, 0.1) is 18.0 Å². The van der Waals surface area contributed by atoms with Gasteiger partial charge >= 0.3 is 0 Å². The van der Waals surface area contributed by atoms with Gasteiger partial charge < -0.3 is 9.80 Å². The average Bonchev–Trinajstić information content (AvgIpc) is 2.67. The standard InChI is InChI=1S/C20H23F2N3O3S/c1-29(27,28)23-18(15-6-8-16(21)9-7-15)14-20(26)25-12-10-24(11-13-25)19-5-3-2-4-17(19)22/h2-9,18,23H,10-14H2,1H3. The average molecular weight is 423 g/mol. The summed E-state index contributed by atoms with van der Waals surface area (Å²) in [5.41, 5.74) is 1.01. The summed E-state index contributed by atoms with van der Waals surface area (Å²) in [5, 5.41) is 0. The normalized spacial score (nSPS) is 16.0. The van der Waals surface area contributed by atoms with Crippen molar-refractivity contribution in [2.45, 2.75) is 12.5 Å². The molecule has 9 heteroatoms. The first-order chi connectivity index (χ1) is 13.7. The van der Waals surface area contributed by atoms with Gasteiger partial charge in [-0.2, -0.15) is 0 Å². The summed E-state index contributed by atoms with van der Waals surface area (Å²) in [4.78, 5) is 16.3. The zero-order valence-electron chi connectivity index (χ0n) is 16.0. The summed E-state index contributed by atoms with van der Waals surface area (Å²) in [7, 11) is -3.57. The predicted molar refractivity (Wildman–Crippen MR) is 107 cm³/mol. The molecular weight excluding hydrogens is 400 g/mol. The van der Waals surface area contributed by atoms with E-state index in [2.05, 4.69) is 4.72 Å². The molecule has 0 aliphatic carbocycles. The molecule has 1 N–H and O–H groups in total. The van der Waals surface area contributed by atoms with E-state index < -0.39 is 21.9 Å². The molecule has 1 unspecified atom stereocenters. The Morgan fingerprint density at radius 1 is 1.03 bits per heavy atom. The van der Waals surface area contributed by atoms with E-state index in [1.165, 1.54) is 30.3 Å². The third kappa shape index (κ3) is 5.74. The minimum atomic E-state index is -3.57. The predicted octanol–water partition coefficient (Wildman–Crippen LogP) is 2.29. The Balaban J connectivity index is 1.66. The highest BCUT2D eigenvalue weighted by atomic mass is 32.2. The summed E-state index contributed by atoms with van der Waals surface area (Å²) < 4.78 is 53.0. The molecule has 6 nitrogen and oxygen atoms in total. The number of carbonyl (C=O) groups is 1. The third-order valence-electron chi connectivity index (χ3n) is 4.83. The van der Waals surface area contributed by atoms with Crippen LogP contribution in [-0.4, -0.2) is 51.7 Å². The molecule has 156 valence electrons. The molecule has 1 aliphatic heterocycles. The fourth-order valence-electron chi connectivity index (χ4n) is 3.39. The summed E-state index contributed by atoms with van der Waals surface area (Å²) in [5.74, 6) is -0.966. The van der Waals surface area contributed by atoms with Gasteiger partial charge in [-0.25, -0.2) is 21.9 Å². The second kappa shape index (κ2) is 8.87. The van der Waals surface area contributed by atoms with Crippen molar-refractivity contribution in [1.29, 1.82) is 0 Å². The van der Waals surface area contributed by atoms with Gasteiger partial charge in [0.1, 0.15) is 11.6 Å². The maximum atomic E-state index is 14.0. The van der Waals surface area contributed by atoms with Crippen molar-refractivity contribution in [3.8, 4) is 0 Å². The van der Waals surface area contributed by atoms with Crippen molar-refractivity contribution in [2.75, 3.05) is 37.3 Å². The lowest BCUT2D eigenvalue weighted by Gasteiger charge is -2.36. The number of hydrogen-bond donors (Lipinski definition) is 1. The van der Waals surface area contributed by atoms with E-state index in [9.17, 15) is 22.0 Å². The van der Waals surface area contributed by atoms with E-state index >= 15 is 0 Å². The number of anilines is 1. The zero-order chi connectivity index (χ0) is 21.0. The molecule has 29 heavy (non-hydrogen) atoms. The van der Waals surface area contributed by atoms with E-state index in [1.807, 2.05) is 4.90 Å². The largest absolute Gasteiger partial charge is 0.366 e. The Hall–Kier alpha value is -2.52. The van der Waals surface area contributed by atoms with Crippen molar-refractivity contribution in [2.24, 2.45) is 0 Å². The monoisotopic (exact) mass is 423 g/mol. The molecule has 1 atom stereocenters. The molecule has 0 radical (unpaired) electrons. The molecule has 1 heterocycles. The highest BCUT2D eigenvalue weighted by Crippen LogP contribution is 2.23. The van der Waals surface area contributed by atoms with E-state index in [-0.39, 0.29) is 18.1 Å². The molecule has 0 bridgehead atoms. The number of benzene rings is 2. The SMILES string of the molecule is CS(=O)(=O)NC(CC(=O)N1CCN(c2ccccc2F)CC1)c1ccc(F)cc1. The first-order valence-corrected chi connectivity index (χ1v) is 11.1. The van der Waals surface area contributed by atoms with Gasteiger partial charge in [0.15, 0.2) is 0 Å². The molecule has 1 aliphatic rings. The number of rotatable bonds is 6. The van der Waals surface area contributed by atoms with Gasteiger partial charge in [0.25, 0.3) is 0 Å². The Kier molecular flexibility index (Phi) is 6.49. The number of sulfonamides is 1. The Morgan fingerprint density at radius 2 is 1.66 bits per heavy atom. The third-order valence-corrected chi connectivity index (χ3v) is 5.55. The van der Waals surface area contributed by atoms with Crippen LogP contribution < -0.4 is 9.62 Å². The van der Waals surface area contributed by atoms with Crippen LogP contribution in [0, 0.1) is 11.6 Å². The molecule has 0 aromatic heterocycles. The van der Waals surface area contributed by atoms with Crippen LogP contribution in [0.1, 0.15) is 18.0 Å². The lowest BCUT2D eigenvalue weighted by atomic mass is 10.0. The van der Waals surface area contributed by atoms with Crippen molar-refractivity contribution in [3.05, 3.63) is 65.7 Å². The maximum absolute atomic E-state index is 14.0. The topological polar surface area (TPSA) is 69.7 Å². The number of amides is 1. The van der Waals surface area contributed by atoms with Crippen molar-refractivity contribution in [1.82, 2.24) is 9.62 Å². The van der Waals surface area contributed by atoms with E-state index in [0.717, 1.165) is 6.26 Å². The van der Waals surface area contributed by atoms with Crippen LogP contribution in [0.5, 0.6) is 0 Å². The van der Waals surface area contributed by atoms with Gasteiger partial charge in [-0.3, -0.25) is 4.79 Å². The van der Waals surface area contributed by atoms with E-state index in [0.29, 0.717) is 37.4 Å². The van der Waals surface area contributed by atoms with Gasteiger partial charge in [0, 0.05) is 32.6 Å². The minimum absolute atomic E-state index is 0.0849. The fraction of sp³-hybridized carbons (Fsp3) is 0.350. The van der Waals surface area contributed by atoms with Gasteiger partial charge in [0.2, 0.25) is 15.9 Å². The lowest BCUT2D eigenvalue weighted by molar-refractivity contribution is -0.132. The zero-order valence-corrected chi connectivity index (χ0v) is 16.8. The van der Waals surface area contributed by atoms with Gasteiger partial charge in [-0.05, 0) is 29.8 Å².